The van der Waals surface area contributed by atoms with E-state index in [1.807, 2.05) is 0 Å². The number of halogens is 1. The van der Waals surface area contributed by atoms with Gasteiger partial charge in [-0.15, -0.1) is 0 Å². The van der Waals surface area contributed by atoms with E-state index in [0.717, 1.165) is 11.5 Å². The summed E-state index contributed by atoms with van der Waals surface area (Å²) >= 11 is 5.84. The fraction of sp³-hybridized carbons (Fsp3) is 0.250. The molecular weight excluding hydrogens is 252 g/mol. The van der Waals surface area contributed by atoms with Crippen LogP contribution in [-0.2, 0) is 6.54 Å². The molecule has 2 aromatic rings. The molecule has 1 N–H and O–H groups in total. The second kappa shape index (κ2) is 5.18. The number of aromatic nitrogens is 3. The second-order valence-corrected chi connectivity index (χ2v) is 4.40. The Balaban J connectivity index is 2.15. The van der Waals surface area contributed by atoms with Crippen LogP contribution in [0.25, 0.3) is 0 Å². The van der Waals surface area contributed by atoms with E-state index in [-0.39, 0.29) is 5.91 Å². The molecule has 0 fully saturated rings. The zero-order chi connectivity index (χ0) is 13.1. The number of aryl methyl sites for hydroxylation is 1. The lowest BCUT2D eigenvalue weighted by atomic mass is 10.2. The molecule has 18 heavy (non-hydrogen) atoms. The summed E-state index contributed by atoms with van der Waals surface area (Å²) in [5, 5.41) is 0.324. The van der Waals surface area contributed by atoms with Gasteiger partial charge < -0.3 is 9.88 Å². The van der Waals surface area contributed by atoms with Crippen LogP contribution in [0.15, 0.2) is 24.5 Å². The molecule has 0 radical (unpaired) electrons. The molecule has 0 atom stereocenters. The van der Waals surface area contributed by atoms with Crippen molar-refractivity contribution in [3.8, 4) is 0 Å². The lowest BCUT2D eigenvalue weighted by Crippen LogP contribution is -2.26. The number of aromatic amines is 1. The van der Waals surface area contributed by atoms with Crippen LogP contribution in [0.1, 0.15) is 21.9 Å². The number of amides is 1. The highest BCUT2D eigenvalue weighted by Crippen LogP contribution is 2.13. The van der Waals surface area contributed by atoms with Gasteiger partial charge in [-0.25, -0.2) is 9.97 Å². The van der Waals surface area contributed by atoms with E-state index < -0.39 is 0 Å². The summed E-state index contributed by atoms with van der Waals surface area (Å²) in [6, 6.07) is 3.28. The second-order valence-electron chi connectivity index (χ2n) is 4.02. The van der Waals surface area contributed by atoms with Gasteiger partial charge in [-0.2, -0.15) is 0 Å². The number of nitrogens with zero attached hydrogens (tertiary/aromatic N) is 3. The van der Waals surface area contributed by atoms with Gasteiger partial charge in [0.15, 0.2) is 0 Å². The average Bonchev–Trinajstić information content (AvgIpc) is 2.79. The summed E-state index contributed by atoms with van der Waals surface area (Å²) in [6.07, 6.45) is 3.38. The van der Waals surface area contributed by atoms with Crippen LogP contribution < -0.4 is 0 Å². The van der Waals surface area contributed by atoms with E-state index in [2.05, 4.69) is 15.0 Å². The van der Waals surface area contributed by atoms with E-state index >= 15 is 0 Å². The Morgan fingerprint density at radius 1 is 1.50 bits per heavy atom. The molecule has 0 aliphatic carbocycles. The molecule has 0 unspecified atom stereocenters. The number of hydrogen-bond acceptors (Lipinski definition) is 3. The summed E-state index contributed by atoms with van der Waals surface area (Å²) < 4.78 is 0. The molecule has 0 aliphatic heterocycles. The highest BCUT2D eigenvalue weighted by molar-refractivity contribution is 6.29. The van der Waals surface area contributed by atoms with Gasteiger partial charge in [0.2, 0.25) is 0 Å². The first kappa shape index (κ1) is 12.6. The molecule has 2 heterocycles. The molecule has 0 saturated heterocycles. The fourth-order valence-electron chi connectivity index (χ4n) is 1.65. The number of rotatable bonds is 3. The molecule has 0 spiro atoms. The summed E-state index contributed by atoms with van der Waals surface area (Å²) in [5.74, 6) is 0.626. The monoisotopic (exact) mass is 264 g/mol. The topological polar surface area (TPSA) is 61.9 Å². The number of pyridine rings is 1. The van der Waals surface area contributed by atoms with E-state index in [1.165, 1.54) is 0 Å². The maximum absolute atomic E-state index is 12.2. The lowest BCUT2D eigenvalue weighted by Gasteiger charge is -2.16. The minimum atomic E-state index is -0.112. The van der Waals surface area contributed by atoms with E-state index in [4.69, 9.17) is 11.6 Å². The minimum Gasteiger partial charge on any atom is -0.347 e. The number of nitrogens with one attached hydrogen (secondary N) is 1. The predicted molar refractivity (Wildman–Crippen MR) is 68.4 cm³/mol. The first-order chi connectivity index (χ1) is 8.56. The van der Waals surface area contributed by atoms with Crippen LogP contribution in [0, 0.1) is 6.92 Å². The quantitative estimate of drug-likeness (QED) is 0.863. The molecule has 0 aromatic carbocycles. The van der Waals surface area contributed by atoms with Gasteiger partial charge in [0, 0.05) is 30.7 Å². The van der Waals surface area contributed by atoms with Crippen molar-refractivity contribution in [3.05, 3.63) is 46.8 Å². The molecule has 0 saturated carbocycles. The van der Waals surface area contributed by atoms with Crippen molar-refractivity contribution in [2.75, 3.05) is 7.05 Å². The first-order valence-electron chi connectivity index (χ1n) is 5.44. The van der Waals surface area contributed by atoms with Gasteiger partial charge in [-0.05, 0) is 19.1 Å². The Bertz CT molecular complexity index is 533. The zero-order valence-corrected chi connectivity index (χ0v) is 10.9. The van der Waals surface area contributed by atoms with Gasteiger partial charge in [0.1, 0.15) is 11.0 Å². The Kier molecular flexibility index (Phi) is 3.62. The van der Waals surface area contributed by atoms with Crippen LogP contribution in [0.4, 0.5) is 0 Å². The molecule has 0 aliphatic rings. The van der Waals surface area contributed by atoms with Crippen LogP contribution in [0.2, 0.25) is 5.15 Å². The Hall–Kier alpha value is -1.88. The van der Waals surface area contributed by atoms with Crippen molar-refractivity contribution >= 4 is 17.5 Å². The van der Waals surface area contributed by atoms with E-state index in [1.54, 1.807) is 43.4 Å². The molecule has 5 nitrogen and oxygen atoms in total. The number of imidazole rings is 1. The first-order valence-corrected chi connectivity index (χ1v) is 5.82. The van der Waals surface area contributed by atoms with Gasteiger partial charge in [0.25, 0.3) is 5.91 Å². The maximum atomic E-state index is 12.2. The van der Waals surface area contributed by atoms with E-state index in [0.29, 0.717) is 17.3 Å². The van der Waals surface area contributed by atoms with E-state index in [9.17, 15) is 4.79 Å². The summed E-state index contributed by atoms with van der Waals surface area (Å²) in [6.45, 7) is 2.22. The van der Waals surface area contributed by atoms with Crippen molar-refractivity contribution in [3.63, 3.8) is 0 Å². The third-order valence-corrected chi connectivity index (χ3v) is 2.65. The number of carbonyl (C=O) groups excluding carboxylic acids is 1. The number of carbonyl (C=O) groups is 1. The molecule has 2 rings (SSSR count). The molecular formula is C12H13ClN4O. The third kappa shape index (κ3) is 2.87. The van der Waals surface area contributed by atoms with Crippen molar-refractivity contribution in [2.45, 2.75) is 13.5 Å². The van der Waals surface area contributed by atoms with Crippen molar-refractivity contribution in [2.24, 2.45) is 0 Å². The predicted octanol–water partition coefficient (Wildman–Crippen LogP) is 2.04. The molecule has 1 amide bonds. The zero-order valence-electron chi connectivity index (χ0n) is 10.1. The minimum absolute atomic E-state index is 0.112. The number of H-pyrrole nitrogens is 1. The van der Waals surface area contributed by atoms with Crippen LogP contribution in [-0.4, -0.2) is 32.8 Å². The maximum Gasteiger partial charge on any atom is 0.254 e. The Labute approximate surface area is 110 Å². The molecule has 94 valence electrons. The van der Waals surface area contributed by atoms with Crippen LogP contribution in [0.5, 0.6) is 0 Å². The van der Waals surface area contributed by atoms with Crippen molar-refractivity contribution < 1.29 is 4.79 Å². The SMILES string of the molecule is Cc1cc(C(=O)N(C)Cc2ncc[nH]2)cc(Cl)n1. The molecule has 2 aromatic heterocycles. The Morgan fingerprint density at radius 3 is 2.89 bits per heavy atom. The van der Waals surface area contributed by atoms with Crippen LogP contribution >= 0.6 is 11.6 Å². The summed E-state index contributed by atoms with van der Waals surface area (Å²) in [4.78, 5) is 24.8. The molecule has 0 bridgehead atoms. The summed E-state index contributed by atoms with van der Waals surface area (Å²) in [5.41, 5.74) is 1.25. The van der Waals surface area contributed by atoms with Gasteiger partial charge >= 0.3 is 0 Å². The largest absolute Gasteiger partial charge is 0.347 e. The van der Waals surface area contributed by atoms with Gasteiger partial charge in [-0.1, -0.05) is 11.6 Å². The van der Waals surface area contributed by atoms with Crippen molar-refractivity contribution in [1.29, 1.82) is 0 Å². The third-order valence-electron chi connectivity index (χ3n) is 2.46. The normalized spacial score (nSPS) is 10.4. The smallest absolute Gasteiger partial charge is 0.254 e. The average molecular weight is 265 g/mol. The van der Waals surface area contributed by atoms with Gasteiger partial charge in [0.05, 0.1) is 6.54 Å². The Morgan fingerprint density at radius 2 is 2.28 bits per heavy atom. The van der Waals surface area contributed by atoms with Gasteiger partial charge in [-0.3, -0.25) is 4.79 Å². The van der Waals surface area contributed by atoms with Crippen molar-refractivity contribution in [1.82, 2.24) is 19.9 Å². The molecule has 6 heteroatoms. The lowest BCUT2D eigenvalue weighted by molar-refractivity contribution is 0.0781. The standard InChI is InChI=1S/C12H13ClN4O/c1-8-5-9(6-10(13)16-8)12(18)17(2)7-11-14-3-4-15-11/h3-6H,7H2,1-2H3,(H,14,15). The summed E-state index contributed by atoms with van der Waals surface area (Å²) in [7, 11) is 1.72. The number of hydrogen-bond donors (Lipinski definition) is 1. The fourth-order valence-corrected chi connectivity index (χ4v) is 1.90. The van der Waals surface area contributed by atoms with Crippen LogP contribution in [0.3, 0.4) is 0 Å². The highest BCUT2D eigenvalue weighted by Gasteiger charge is 2.14. The highest BCUT2D eigenvalue weighted by atomic mass is 35.5.